The molecule has 0 amide bonds. The van der Waals surface area contributed by atoms with Crippen LogP contribution >= 0.6 is 11.8 Å². The molecule has 0 bridgehead atoms. The fourth-order valence-corrected chi connectivity index (χ4v) is 4.22. The Morgan fingerprint density at radius 1 is 1.07 bits per heavy atom. The molecule has 0 aromatic heterocycles. The van der Waals surface area contributed by atoms with Gasteiger partial charge in [-0.3, -0.25) is 14.5 Å². The summed E-state index contributed by atoms with van der Waals surface area (Å²) in [7, 11) is 0. The molecule has 6 nitrogen and oxygen atoms in total. The number of hydrogen-bond donors (Lipinski definition) is 2. The largest absolute Gasteiger partial charge is 0.507 e. The van der Waals surface area contributed by atoms with Crippen LogP contribution in [0.25, 0.3) is 0 Å². The molecular weight excluding hydrogens is 366 g/mol. The van der Waals surface area contributed by atoms with E-state index < -0.39 is 0 Å². The summed E-state index contributed by atoms with van der Waals surface area (Å²) < 4.78 is 5.83. The Morgan fingerprint density at radius 3 is 2.52 bits per heavy atom. The average molecular weight is 387 g/mol. The first kappa shape index (κ1) is 19.3. The van der Waals surface area contributed by atoms with Gasteiger partial charge < -0.3 is 14.9 Å². The van der Waals surface area contributed by atoms with Gasteiger partial charge in [0.2, 0.25) is 0 Å². The summed E-state index contributed by atoms with van der Waals surface area (Å²) in [5, 5.41) is 19.7. The number of rotatable bonds is 7. The molecular formula is C20H21NO5S. The van der Waals surface area contributed by atoms with Crippen molar-refractivity contribution in [1.82, 2.24) is 4.90 Å². The van der Waals surface area contributed by atoms with Gasteiger partial charge in [-0.1, -0.05) is 18.2 Å². The maximum absolute atomic E-state index is 11.3. The molecule has 0 radical (unpaired) electrons. The molecule has 2 aromatic carbocycles. The molecule has 7 heteroatoms. The predicted molar refractivity (Wildman–Crippen MR) is 104 cm³/mol. The van der Waals surface area contributed by atoms with Crippen LogP contribution in [-0.2, 0) is 6.54 Å². The molecule has 3 rings (SSSR count). The van der Waals surface area contributed by atoms with Crippen molar-refractivity contribution in [3.63, 3.8) is 0 Å². The Morgan fingerprint density at radius 2 is 1.78 bits per heavy atom. The number of phenolic OH excluding ortho intramolecular Hbond substituents is 2. The number of aromatic hydroxyl groups is 2. The van der Waals surface area contributed by atoms with E-state index in [1.54, 1.807) is 18.2 Å². The summed E-state index contributed by atoms with van der Waals surface area (Å²) >= 11 is 1.82. The van der Waals surface area contributed by atoms with Gasteiger partial charge >= 0.3 is 0 Å². The highest BCUT2D eigenvalue weighted by Crippen LogP contribution is 2.28. The van der Waals surface area contributed by atoms with Gasteiger partial charge in [0.25, 0.3) is 0 Å². The SMILES string of the molecule is O=Cc1c(O)cccc1CN1CCSCC1COc1cccc(O)c1C=O. The van der Waals surface area contributed by atoms with Crippen molar-refractivity contribution in [2.75, 3.05) is 24.7 Å². The van der Waals surface area contributed by atoms with Crippen LogP contribution in [0.2, 0.25) is 0 Å². The zero-order valence-electron chi connectivity index (χ0n) is 14.7. The maximum Gasteiger partial charge on any atom is 0.157 e. The minimum Gasteiger partial charge on any atom is -0.507 e. The van der Waals surface area contributed by atoms with E-state index in [1.165, 1.54) is 12.1 Å². The summed E-state index contributed by atoms with van der Waals surface area (Å²) in [4.78, 5) is 24.7. The van der Waals surface area contributed by atoms with Crippen molar-refractivity contribution < 1.29 is 24.5 Å². The highest BCUT2D eigenvalue weighted by atomic mass is 32.2. The fourth-order valence-electron chi connectivity index (χ4n) is 3.11. The Bertz CT molecular complexity index is 826. The van der Waals surface area contributed by atoms with Gasteiger partial charge in [-0.05, 0) is 23.8 Å². The normalized spacial score (nSPS) is 17.4. The standard InChI is InChI=1S/C20H21NO5S/c22-10-16-14(3-1-4-18(16)24)9-21-7-8-27-13-15(21)12-26-20-6-2-5-19(25)17(20)11-23/h1-6,10-11,15,24-25H,7-9,12-13H2. The van der Waals surface area contributed by atoms with E-state index in [1.807, 2.05) is 17.8 Å². The van der Waals surface area contributed by atoms with E-state index in [0.29, 0.717) is 37.0 Å². The number of aldehydes is 2. The number of nitrogens with zero attached hydrogens (tertiary/aromatic N) is 1. The van der Waals surface area contributed by atoms with Gasteiger partial charge in [0.05, 0.1) is 17.2 Å². The second-order valence-electron chi connectivity index (χ2n) is 6.28. The van der Waals surface area contributed by atoms with Crippen molar-refractivity contribution in [3.8, 4) is 17.2 Å². The summed E-state index contributed by atoms with van der Waals surface area (Å²) in [6, 6.07) is 9.88. The van der Waals surface area contributed by atoms with Gasteiger partial charge in [0.1, 0.15) is 23.9 Å². The van der Waals surface area contributed by atoms with Gasteiger partial charge in [-0.15, -0.1) is 0 Å². The average Bonchev–Trinajstić information content (AvgIpc) is 2.67. The van der Waals surface area contributed by atoms with Gasteiger partial charge in [-0.25, -0.2) is 0 Å². The van der Waals surface area contributed by atoms with Crippen LogP contribution in [0.1, 0.15) is 26.3 Å². The Kier molecular flexibility index (Phi) is 6.36. The maximum atomic E-state index is 11.3. The van der Waals surface area contributed by atoms with E-state index in [2.05, 4.69) is 4.90 Å². The van der Waals surface area contributed by atoms with Gasteiger partial charge in [-0.2, -0.15) is 11.8 Å². The second-order valence-corrected chi connectivity index (χ2v) is 7.43. The number of carbonyl (C=O) groups is 2. The monoisotopic (exact) mass is 387 g/mol. The number of ether oxygens (including phenoxy) is 1. The smallest absolute Gasteiger partial charge is 0.157 e. The highest BCUT2D eigenvalue weighted by Gasteiger charge is 2.25. The molecule has 1 fully saturated rings. The first-order valence-electron chi connectivity index (χ1n) is 8.61. The van der Waals surface area contributed by atoms with Gasteiger partial charge in [0, 0.05) is 24.6 Å². The molecule has 0 saturated carbocycles. The number of carbonyl (C=O) groups excluding carboxylic acids is 2. The first-order chi connectivity index (χ1) is 13.1. The summed E-state index contributed by atoms with van der Waals surface area (Å²) in [6.45, 7) is 1.71. The van der Waals surface area contributed by atoms with Crippen LogP contribution in [0.3, 0.4) is 0 Å². The van der Waals surface area contributed by atoms with Crippen molar-refractivity contribution in [2.24, 2.45) is 0 Å². The van der Waals surface area contributed by atoms with Crippen molar-refractivity contribution >= 4 is 24.3 Å². The lowest BCUT2D eigenvalue weighted by molar-refractivity contribution is 0.110. The third-order valence-corrected chi connectivity index (χ3v) is 5.70. The highest BCUT2D eigenvalue weighted by molar-refractivity contribution is 7.99. The lowest BCUT2D eigenvalue weighted by Gasteiger charge is -2.35. The summed E-state index contributed by atoms with van der Waals surface area (Å²) in [5.41, 5.74) is 1.23. The molecule has 0 aliphatic carbocycles. The Labute approximate surface area is 161 Å². The fraction of sp³-hybridized carbons (Fsp3) is 0.300. The van der Waals surface area contributed by atoms with E-state index in [4.69, 9.17) is 4.74 Å². The van der Waals surface area contributed by atoms with Crippen LogP contribution in [0.5, 0.6) is 17.2 Å². The van der Waals surface area contributed by atoms with Crippen molar-refractivity contribution in [1.29, 1.82) is 0 Å². The first-order valence-corrected chi connectivity index (χ1v) is 9.77. The van der Waals surface area contributed by atoms with Crippen LogP contribution in [0.4, 0.5) is 0 Å². The third-order valence-electron chi connectivity index (χ3n) is 4.61. The molecule has 1 heterocycles. The quantitative estimate of drug-likeness (QED) is 0.707. The number of thioether (sulfide) groups is 1. The molecule has 2 N–H and O–H groups in total. The van der Waals surface area contributed by atoms with E-state index in [9.17, 15) is 19.8 Å². The van der Waals surface area contributed by atoms with E-state index in [-0.39, 0.29) is 23.1 Å². The Balaban J connectivity index is 1.73. The molecule has 1 saturated heterocycles. The molecule has 2 aromatic rings. The molecule has 1 atom stereocenters. The molecule has 0 spiro atoms. The lowest BCUT2D eigenvalue weighted by Crippen LogP contribution is -2.45. The van der Waals surface area contributed by atoms with Crippen molar-refractivity contribution in [2.45, 2.75) is 12.6 Å². The van der Waals surface area contributed by atoms with Crippen LogP contribution < -0.4 is 4.74 Å². The number of hydrogen-bond acceptors (Lipinski definition) is 7. The van der Waals surface area contributed by atoms with Crippen LogP contribution in [0, 0.1) is 0 Å². The van der Waals surface area contributed by atoms with Gasteiger partial charge in [0.15, 0.2) is 12.6 Å². The number of benzene rings is 2. The number of phenols is 2. The minimum atomic E-state index is -0.104. The lowest BCUT2D eigenvalue weighted by atomic mass is 10.1. The predicted octanol–water partition coefficient (Wildman–Crippen LogP) is 2.72. The zero-order valence-corrected chi connectivity index (χ0v) is 15.5. The molecule has 27 heavy (non-hydrogen) atoms. The molecule has 1 unspecified atom stereocenters. The van der Waals surface area contributed by atoms with E-state index >= 15 is 0 Å². The Hall–Kier alpha value is -2.51. The van der Waals surface area contributed by atoms with Crippen molar-refractivity contribution in [3.05, 3.63) is 53.1 Å². The van der Waals surface area contributed by atoms with Crippen LogP contribution in [-0.4, -0.2) is 58.4 Å². The third kappa shape index (κ3) is 4.43. The topological polar surface area (TPSA) is 87.1 Å². The minimum absolute atomic E-state index is 0.0166. The molecule has 142 valence electrons. The molecule has 1 aliphatic heterocycles. The molecule has 1 aliphatic rings. The second kappa shape index (κ2) is 8.92. The zero-order chi connectivity index (χ0) is 19.2. The van der Waals surface area contributed by atoms with E-state index in [0.717, 1.165) is 23.6 Å². The van der Waals surface area contributed by atoms with Crippen LogP contribution in [0.15, 0.2) is 36.4 Å². The summed E-state index contributed by atoms with van der Waals surface area (Å²) in [5.74, 6) is 2.05. The summed E-state index contributed by atoms with van der Waals surface area (Å²) in [6.07, 6.45) is 1.26.